The minimum absolute atomic E-state index is 0.0628. The minimum Gasteiger partial charge on any atom is -0.481 e. The van der Waals surface area contributed by atoms with E-state index in [-0.39, 0.29) is 25.7 Å². The highest BCUT2D eigenvalue weighted by atomic mass is 16.4. The van der Waals surface area contributed by atoms with Gasteiger partial charge in [-0.3, -0.25) is 19.2 Å². The molecule has 8 heteroatoms. The summed E-state index contributed by atoms with van der Waals surface area (Å²) >= 11 is 0. The molecular weight excluding hydrogens is 320 g/mol. The highest BCUT2D eigenvalue weighted by molar-refractivity contribution is 5.68. The Morgan fingerprint density at radius 2 is 0.667 bits per heavy atom. The van der Waals surface area contributed by atoms with Crippen molar-refractivity contribution >= 4 is 23.9 Å². The van der Waals surface area contributed by atoms with Crippen LogP contribution in [0.5, 0.6) is 0 Å². The fourth-order valence-electron chi connectivity index (χ4n) is 1.10. The molecule has 0 spiro atoms. The van der Waals surface area contributed by atoms with Crippen LogP contribution in [0.1, 0.15) is 78.1 Å². The molecule has 0 aromatic rings. The SMILES string of the molecule is CCCC.O=C(O)CCCCC(=O)O.O=C(O)CCCCC(=O)O. The second-order valence-electron chi connectivity index (χ2n) is 4.99. The van der Waals surface area contributed by atoms with Gasteiger partial charge in [0.1, 0.15) is 0 Å². The van der Waals surface area contributed by atoms with Crippen LogP contribution in [-0.2, 0) is 19.2 Å². The number of rotatable bonds is 11. The molecule has 8 nitrogen and oxygen atoms in total. The van der Waals surface area contributed by atoms with Gasteiger partial charge in [0, 0.05) is 25.7 Å². The van der Waals surface area contributed by atoms with Gasteiger partial charge in [0.25, 0.3) is 0 Å². The van der Waals surface area contributed by atoms with E-state index in [4.69, 9.17) is 20.4 Å². The number of carboxylic acid groups (broad SMARTS) is 4. The van der Waals surface area contributed by atoms with Gasteiger partial charge >= 0.3 is 23.9 Å². The van der Waals surface area contributed by atoms with E-state index in [2.05, 4.69) is 13.8 Å². The third-order valence-corrected chi connectivity index (χ3v) is 2.56. The van der Waals surface area contributed by atoms with Crippen LogP contribution in [0.15, 0.2) is 0 Å². The Bertz CT molecular complexity index is 286. The van der Waals surface area contributed by atoms with Crippen LogP contribution in [0.2, 0.25) is 0 Å². The molecule has 0 fully saturated rings. The van der Waals surface area contributed by atoms with Gasteiger partial charge in [0.15, 0.2) is 0 Å². The molecule has 0 rings (SSSR count). The molecule has 0 aliphatic heterocycles. The molecule has 0 saturated heterocycles. The predicted molar refractivity (Wildman–Crippen MR) is 88.1 cm³/mol. The Hall–Kier alpha value is -2.12. The summed E-state index contributed by atoms with van der Waals surface area (Å²) in [5.74, 6) is -3.48. The summed E-state index contributed by atoms with van der Waals surface area (Å²) in [7, 11) is 0. The van der Waals surface area contributed by atoms with Gasteiger partial charge in [-0.15, -0.1) is 0 Å². The molecule has 0 aliphatic rings. The lowest BCUT2D eigenvalue weighted by Crippen LogP contribution is -1.97. The molecule has 0 unspecified atom stereocenters. The van der Waals surface area contributed by atoms with Crippen molar-refractivity contribution < 1.29 is 39.6 Å². The predicted octanol–water partition coefficient (Wildman–Crippen LogP) is 3.24. The van der Waals surface area contributed by atoms with E-state index < -0.39 is 23.9 Å². The highest BCUT2D eigenvalue weighted by Gasteiger charge is 1.99. The van der Waals surface area contributed by atoms with Gasteiger partial charge in [-0.2, -0.15) is 0 Å². The number of carboxylic acids is 4. The summed E-state index contributed by atoms with van der Waals surface area (Å²) in [5, 5.41) is 32.5. The average molecular weight is 350 g/mol. The molecule has 0 aromatic carbocycles. The minimum atomic E-state index is -0.870. The summed E-state index contributed by atoms with van der Waals surface area (Å²) in [6, 6.07) is 0. The van der Waals surface area contributed by atoms with E-state index in [0.717, 1.165) is 0 Å². The van der Waals surface area contributed by atoms with Crippen molar-refractivity contribution in [2.45, 2.75) is 78.1 Å². The first-order chi connectivity index (χ1) is 11.2. The van der Waals surface area contributed by atoms with Crippen LogP contribution < -0.4 is 0 Å². The number of carbonyl (C=O) groups is 4. The Morgan fingerprint density at radius 3 is 0.750 bits per heavy atom. The molecule has 0 aromatic heterocycles. The zero-order valence-electron chi connectivity index (χ0n) is 14.5. The molecular formula is C16H30O8. The van der Waals surface area contributed by atoms with Crippen molar-refractivity contribution in [3.05, 3.63) is 0 Å². The molecule has 0 radical (unpaired) electrons. The van der Waals surface area contributed by atoms with E-state index in [1.807, 2.05) is 0 Å². The number of unbranched alkanes of at least 4 members (excludes halogenated alkanes) is 3. The summed E-state index contributed by atoms with van der Waals surface area (Å²) in [6.07, 6.45) is 4.67. The van der Waals surface area contributed by atoms with Crippen molar-refractivity contribution in [3.63, 3.8) is 0 Å². The quantitative estimate of drug-likeness (QED) is 0.415. The van der Waals surface area contributed by atoms with Gasteiger partial charge in [0.05, 0.1) is 0 Å². The molecule has 0 heterocycles. The van der Waals surface area contributed by atoms with E-state index in [9.17, 15) is 19.2 Å². The molecule has 24 heavy (non-hydrogen) atoms. The highest BCUT2D eigenvalue weighted by Crippen LogP contribution is 1.99. The fourth-order valence-corrected chi connectivity index (χ4v) is 1.10. The molecule has 4 N–H and O–H groups in total. The molecule has 0 amide bonds. The molecule has 0 atom stereocenters. The second-order valence-corrected chi connectivity index (χ2v) is 4.99. The topological polar surface area (TPSA) is 149 Å². The maximum Gasteiger partial charge on any atom is 0.303 e. The van der Waals surface area contributed by atoms with Gasteiger partial charge in [0.2, 0.25) is 0 Å². The van der Waals surface area contributed by atoms with Crippen molar-refractivity contribution in [2.75, 3.05) is 0 Å². The summed E-state index contributed by atoms with van der Waals surface area (Å²) in [6.45, 7) is 4.36. The molecule has 142 valence electrons. The van der Waals surface area contributed by atoms with E-state index in [0.29, 0.717) is 25.7 Å². The van der Waals surface area contributed by atoms with Crippen molar-refractivity contribution in [3.8, 4) is 0 Å². The average Bonchev–Trinajstić information content (AvgIpc) is 2.48. The van der Waals surface area contributed by atoms with Gasteiger partial charge < -0.3 is 20.4 Å². The van der Waals surface area contributed by atoms with Crippen molar-refractivity contribution in [1.29, 1.82) is 0 Å². The zero-order chi connectivity index (χ0) is 19.4. The molecule has 0 aliphatic carbocycles. The third-order valence-electron chi connectivity index (χ3n) is 2.56. The summed E-state index contributed by atoms with van der Waals surface area (Å²) in [5.41, 5.74) is 0. The maximum atomic E-state index is 9.90. The monoisotopic (exact) mass is 350 g/mol. The lowest BCUT2D eigenvalue weighted by molar-refractivity contribution is -0.139. The first-order valence-electron chi connectivity index (χ1n) is 8.04. The Labute approximate surface area is 142 Å². The first-order valence-corrected chi connectivity index (χ1v) is 8.04. The number of hydrogen-bond donors (Lipinski definition) is 4. The van der Waals surface area contributed by atoms with E-state index in [1.165, 1.54) is 12.8 Å². The van der Waals surface area contributed by atoms with Crippen LogP contribution in [0.25, 0.3) is 0 Å². The second kappa shape index (κ2) is 20.9. The number of hydrogen-bond acceptors (Lipinski definition) is 4. The Kier molecular flexibility index (Phi) is 23.3. The van der Waals surface area contributed by atoms with Crippen LogP contribution in [0, 0.1) is 0 Å². The first kappa shape index (κ1) is 26.8. The van der Waals surface area contributed by atoms with Crippen LogP contribution in [0.3, 0.4) is 0 Å². The van der Waals surface area contributed by atoms with Crippen molar-refractivity contribution in [2.24, 2.45) is 0 Å². The normalized spacial score (nSPS) is 8.92. The summed E-state index contributed by atoms with van der Waals surface area (Å²) in [4.78, 5) is 39.6. The van der Waals surface area contributed by atoms with Gasteiger partial charge in [-0.1, -0.05) is 26.7 Å². The summed E-state index contributed by atoms with van der Waals surface area (Å²) < 4.78 is 0. The van der Waals surface area contributed by atoms with Crippen LogP contribution in [0.4, 0.5) is 0 Å². The lowest BCUT2D eigenvalue weighted by atomic mass is 10.2. The van der Waals surface area contributed by atoms with Crippen LogP contribution >= 0.6 is 0 Å². The largest absolute Gasteiger partial charge is 0.481 e. The van der Waals surface area contributed by atoms with E-state index in [1.54, 1.807) is 0 Å². The van der Waals surface area contributed by atoms with Crippen LogP contribution in [-0.4, -0.2) is 44.3 Å². The Balaban J connectivity index is -0.000000301. The van der Waals surface area contributed by atoms with Crippen molar-refractivity contribution in [1.82, 2.24) is 0 Å². The molecule has 0 bridgehead atoms. The van der Waals surface area contributed by atoms with Gasteiger partial charge in [-0.05, 0) is 25.7 Å². The molecule has 0 saturated carbocycles. The smallest absolute Gasteiger partial charge is 0.303 e. The Morgan fingerprint density at radius 1 is 0.500 bits per heavy atom. The van der Waals surface area contributed by atoms with E-state index >= 15 is 0 Å². The third kappa shape index (κ3) is 42.7. The fraction of sp³-hybridized carbons (Fsp3) is 0.750. The maximum absolute atomic E-state index is 9.90. The zero-order valence-corrected chi connectivity index (χ0v) is 14.5. The van der Waals surface area contributed by atoms with Gasteiger partial charge in [-0.25, -0.2) is 0 Å². The number of aliphatic carboxylic acids is 4. The lowest BCUT2D eigenvalue weighted by Gasteiger charge is -1.92. The standard InChI is InChI=1S/2C6H10O4.C4H10/c2*7-5(8)3-1-2-4-6(9)10;1-3-4-2/h2*1-4H2,(H,7,8)(H,9,10);3-4H2,1-2H3.